The van der Waals surface area contributed by atoms with Crippen molar-refractivity contribution in [3.8, 4) is 0 Å². The lowest BCUT2D eigenvalue weighted by Gasteiger charge is -2.35. The van der Waals surface area contributed by atoms with E-state index in [9.17, 15) is 4.39 Å². The predicted octanol–water partition coefficient (Wildman–Crippen LogP) is 7.82. The summed E-state index contributed by atoms with van der Waals surface area (Å²) in [6.07, 6.45) is 9.88. The Morgan fingerprint density at radius 1 is 1.07 bits per heavy atom. The zero-order chi connectivity index (χ0) is 22.7. The maximum absolute atomic E-state index is 12.7. The van der Waals surface area contributed by atoms with E-state index in [-0.39, 0.29) is 11.4 Å². The number of hydrogen-bond acceptors (Lipinski definition) is 2. The molecular formula is C26H49FO2. The summed E-state index contributed by atoms with van der Waals surface area (Å²) in [5.74, 6) is 1.41. The Morgan fingerprint density at radius 3 is 1.97 bits per heavy atom. The van der Waals surface area contributed by atoms with Crippen LogP contribution in [0.2, 0.25) is 0 Å². The number of aliphatic hydroxyl groups is 1. The number of aliphatic hydroxyl groups excluding tert-OH is 1. The predicted molar refractivity (Wildman–Crippen MR) is 126 cm³/mol. The lowest BCUT2D eigenvalue weighted by Crippen LogP contribution is -2.35. The topological polar surface area (TPSA) is 29.5 Å². The van der Waals surface area contributed by atoms with Crippen LogP contribution in [0.3, 0.4) is 0 Å². The lowest BCUT2D eigenvalue weighted by molar-refractivity contribution is -0.0871. The Balaban J connectivity index is 0. The smallest absolute Gasteiger partial charge is 0.123 e. The van der Waals surface area contributed by atoms with Crippen molar-refractivity contribution in [2.45, 2.75) is 105 Å². The minimum Gasteiger partial charge on any atom is -0.400 e. The molecule has 1 aliphatic heterocycles. The van der Waals surface area contributed by atoms with Crippen molar-refractivity contribution in [3.05, 3.63) is 35.6 Å². The fourth-order valence-corrected chi connectivity index (χ4v) is 3.45. The van der Waals surface area contributed by atoms with Crippen LogP contribution in [0.25, 0.3) is 0 Å². The highest BCUT2D eigenvalue weighted by Gasteiger charge is 2.28. The number of rotatable bonds is 7. The molecule has 1 fully saturated rings. The Kier molecular flexibility index (Phi) is 19.9. The van der Waals surface area contributed by atoms with Crippen LogP contribution in [0, 0.1) is 17.7 Å². The van der Waals surface area contributed by atoms with Gasteiger partial charge < -0.3 is 9.84 Å². The summed E-state index contributed by atoms with van der Waals surface area (Å²) in [6, 6.07) is 6.94. The summed E-state index contributed by atoms with van der Waals surface area (Å²) >= 11 is 0. The van der Waals surface area contributed by atoms with E-state index in [1.54, 1.807) is 12.1 Å². The van der Waals surface area contributed by atoms with Gasteiger partial charge in [0.05, 0.1) is 5.60 Å². The second-order valence-corrected chi connectivity index (χ2v) is 8.03. The maximum Gasteiger partial charge on any atom is 0.123 e. The summed E-state index contributed by atoms with van der Waals surface area (Å²) in [5, 5.41) is 7.00. The Labute approximate surface area is 181 Å². The van der Waals surface area contributed by atoms with Gasteiger partial charge in [-0.15, -0.1) is 0 Å². The van der Waals surface area contributed by atoms with Gasteiger partial charge in [-0.25, -0.2) is 4.39 Å². The van der Waals surface area contributed by atoms with Crippen LogP contribution in [-0.2, 0) is 11.2 Å². The Bertz CT molecular complexity index is 444. The zero-order valence-electron chi connectivity index (χ0n) is 20.6. The third kappa shape index (κ3) is 14.7. The molecule has 172 valence electrons. The molecule has 1 N–H and O–H groups in total. The van der Waals surface area contributed by atoms with E-state index < -0.39 is 0 Å². The van der Waals surface area contributed by atoms with E-state index in [4.69, 9.17) is 9.84 Å². The van der Waals surface area contributed by atoms with Crippen LogP contribution in [0.5, 0.6) is 0 Å². The molecule has 2 rings (SSSR count). The Hall–Kier alpha value is -0.930. The number of benzene rings is 1. The molecule has 1 aliphatic rings. The van der Waals surface area contributed by atoms with Crippen molar-refractivity contribution in [2.75, 3.05) is 13.7 Å². The van der Waals surface area contributed by atoms with E-state index in [0.717, 1.165) is 38.4 Å². The summed E-state index contributed by atoms with van der Waals surface area (Å²) in [4.78, 5) is 0. The average Bonchev–Trinajstić information content (AvgIpc) is 2.76. The average molecular weight is 413 g/mol. The molecule has 0 amide bonds. The van der Waals surface area contributed by atoms with Gasteiger partial charge in [-0.1, -0.05) is 79.4 Å². The second kappa shape index (κ2) is 19.1. The van der Waals surface area contributed by atoms with Crippen LogP contribution in [0.1, 0.15) is 99.0 Å². The molecule has 2 nitrogen and oxygen atoms in total. The molecule has 0 spiro atoms. The van der Waals surface area contributed by atoms with Gasteiger partial charge in [-0.2, -0.15) is 0 Å². The molecular weight excluding hydrogens is 363 g/mol. The van der Waals surface area contributed by atoms with Crippen molar-refractivity contribution in [2.24, 2.45) is 11.8 Å². The molecule has 0 aromatic heterocycles. The lowest BCUT2D eigenvalue weighted by atomic mass is 9.89. The summed E-state index contributed by atoms with van der Waals surface area (Å²) in [5.41, 5.74) is 1.47. The van der Waals surface area contributed by atoms with Gasteiger partial charge in [-0.3, -0.25) is 0 Å². The first-order valence-electron chi connectivity index (χ1n) is 11.8. The third-order valence-electron chi connectivity index (χ3n) is 5.46. The van der Waals surface area contributed by atoms with Crippen LogP contribution in [0.15, 0.2) is 24.3 Å². The van der Waals surface area contributed by atoms with Gasteiger partial charge >= 0.3 is 0 Å². The van der Waals surface area contributed by atoms with E-state index in [2.05, 4.69) is 34.6 Å². The first kappa shape index (κ1) is 30.3. The number of ether oxygens (including phenoxy) is 1. The highest BCUT2D eigenvalue weighted by Crippen LogP contribution is 2.29. The first-order valence-corrected chi connectivity index (χ1v) is 11.8. The second-order valence-electron chi connectivity index (χ2n) is 8.03. The van der Waals surface area contributed by atoms with Crippen LogP contribution >= 0.6 is 0 Å². The van der Waals surface area contributed by atoms with E-state index in [1.165, 1.54) is 44.1 Å². The fourth-order valence-electron chi connectivity index (χ4n) is 3.45. The first-order chi connectivity index (χ1) is 13.9. The zero-order valence-corrected chi connectivity index (χ0v) is 20.6. The molecule has 1 aromatic rings. The monoisotopic (exact) mass is 412 g/mol. The molecule has 1 heterocycles. The molecule has 29 heavy (non-hydrogen) atoms. The Morgan fingerprint density at radius 2 is 1.59 bits per heavy atom. The molecule has 1 aromatic carbocycles. The van der Waals surface area contributed by atoms with Crippen LogP contribution < -0.4 is 0 Å². The van der Waals surface area contributed by atoms with Crippen LogP contribution in [0.4, 0.5) is 4.39 Å². The number of hydrogen-bond donors (Lipinski definition) is 1. The van der Waals surface area contributed by atoms with Gasteiger partial charge in [0.2, 0.25) is 0 Å². The SMILES string of the molecule is CC.CCCC(CCC)Cc1ccc(F)cc1.CC[C@@]1(C)CCC(C)CO1.CO. The minimum absolute atomic E-state index is 0.138. The van der Waals surface area contributed by atoms with Crippen molar-refractivity contribution < 1.29 is 14.2 Å². The molecule has 0 saturated carbocycles. The molecule has 0 bridgehead atoms. The van der Waals surface area contributed by atoms with E-state index in [1.807, 2.05) is 26.0 Å². The van der Waals surface area contributed by atoms with Gasteiger partial charge in [0, 0.05) is 13.7 Å². The molecule has 2 atom stereocenters. The molecule has 3 heteroatoms. The number of halogens is 1. The van der Waals surface area contributed by atoms with Gasteiger partial charge in [0.15, 0.2) is 0 Å². The van der Waals surface area contributed by atoms with Gasteiger partial charge in [0.1, 0.15) is 5.82 Å². The maximum atomic E-state index is 12.7. The largest absolute Gasteiger partial charge is 0.400 e. The standard InChI is InChI=1S/C14H21F.C9H18O.C2H6.CH4O/c1-3-5-12(6-4-2)11-13-7-9-14(15)10-8-13;1-4-9(3)6-5-8(2)7-10-9;2*1-2/h7-10,12H,3-6,11H2,1-2H3;8H,4-7H2,1-3H3;1-2H3;2H,1H3/t;8?,9-;;/m.0../s1. The van der Waals surface area contributed by atoms with Crippen molar-refractivity contribution in [3.63, 3.8) is 0 Å². The van der Waals surface area contributed by atoms with Crippen LogP contribution in [-0.4, -0.2) is 24.4 Å². The van der Waals surface area contributed by atoms with Gasteiger partial charge in [0.25, 0.3) is 0 Å². The summed E-state index contributed by atoms with van der Waals surface area (Å²) in [7, 11) is 1.00. The third-order valence-corrected chi connectivity index (χ3v) is 5.46. The summed E-state index contributed by atoms with van der Waals surface area (Å²) < 4.78 is 18.4. The van der Waals surface area contributed by atoms with E-state index in [0.29, 0.717) is 0 Å². The fraction of sp³-hybridized carbons (Fsp3) is 0.769. The molecule has 0 aliphatic carbocycles. The molecule has 1 saturated heterocycles. The van der Waals surface area contributed by atoms with Crippen molar-refractivity contribution in [1.82, 2.24) is 0 Å². The quantitative estimate of drug-likeness (QED) is 0.494. The molecule has 0 radical (unpaired) electrons. The summed E-state index contributed by atoms with van der Waals surface area (Å²) in [6.45, 7) is 16.1. The highest BCUT2D eigenvalue weighted by molar-refractivity contribution is 5.16. The molecule has 1 unspecified atom stereocenters. The van der Waals surface area contributed by atoms with Crippen molar-refractivity contribution >= 4 is 0 Å². The normalized spacial score (nSPS) is 20.4. The highest BCUT2D eigenvalue weighted by atomic mass is 19.1. The van der Waals surface area contributed by atoms with Crippen molar-refractivity contribution in [1.29, 1.82) is 0 Å². The van der Waals surface area contributed by atoms with E-state index >= 15 is 0 Å². The minimum atomic E-state index is -0.138. The van der Waals surface area contributed by atoms with Gasteiger partial charge in [-0.05, 0) is 62.1 Å².